The molecule has 0 radical (unpaired) electrons. The average molecular weight is 557 g/mol. The summed E-state index contributed by atoms with van der Waals surface area (Å²) < 4.78 is 11.2. The highest BCUT2D eigenvalue weighted by Gasteiger charge is 2.22. The maximum atomic E-state index is 12.3. The van der Waals surface area contributed by atoms with Gasteiger partial charge in [-0.15, -0.1) is 0 Å². The summed E-state index contributed by atoms with van der Waals surface area (Å²) in [7, 11) is 3.29. The molecule has 3 heterocycles. The van der Waals surface area contributed by atoms with E-state index in [1.807, 2.05) is 30.3 Å². The Bertz CT molecular complexity index is 1530. The predicted molar refractivity (Wildman–Crippen MR) is 160 cm³/mol. The van der Waals surface area contributed by atoms with Gasteiger partial charge in [-0.1, -0.05) is 31.4 Å². The van der Waals surface area contributed by atoms with Gasteiger partial charge in [0.2, 0.25) is 5.95 Å². The van der Waals surface area contributed by atoms with Crippen molar-refractivity contribution in [2.75, 3.05) is 56.0 Å². The van der Waals surface area contributed by atoms with Crippen LogP contribution in [-0.2, 0) is 4.74 Å². The van der Waals surface area contributed by atoms with Gasteiger partial charge in [0.1, 0.15) is 17.3 Å². The SMILES string of the molecule is CNC(=O)c1cccc(-c2n[nH]c3nc(Nc4ccc(N5CCOCC5)cc4OC)nc(NC4CCCCC4)c23)c1. The van der Waals surface area contributed by atoms with E-state index >= 15 is 0 Å². The minimum Gasteiger partial charge on any atom is -0.494 e. The van der Waals surface area contributed by atoms with Gasteiger partial charge >= 0.3 is 0 Å². The van der Waals surface area contributed by atoms with Crippen molar-refractivity contribution in [1.82, 2.24) is 25.5 Å². The van der Waals surface area contributed by atoms with Crippen LogP contribution >= 0.6 is 0 Å². The van der Waals surface area contributed by atoms with Crippen LogP contribution in [0.2, 0.25) is 0 Å². The number of hydrogen-bond donors (Lipinski definition) is 4. The highest BCUT2D eigenvalue weighted by atomic mass is 16.5. The Morgan fingerprint density at radius 1 is 1.07 bits per heavy atom. The minimum atomic E-state index is -0.149. The Morgan fingerprint density at radius 3 is 2.68 bits per heavy atom. The van der Waals surface area contributed by atoms with E-state index in [9.17, 15) is 4.79 Å². The zero-order valence-corrected chi connectivity index (χ0v) is 23.5. The monoisotopic (exact) mass is 556 g/mol. The van der Waals surface area contributed by atoms with Crippen LogP contribution < -0.4 is 25.6 Å². The van der Waals surface area contributed by atoms with Crippen LogP contribution in [0, 0.1) is 0 Å². The smallest absolute Gasteiger partial charge is 0.251 e. The fourth-order valence-corrected chi connectivity index (χ4v) is 5.61. The molecule has 0 unspecified atom stereocenters. The molecule has 0 spiro atoms. The Kier molecular flexibility index (Phi) is 7.86. The topological polar surface area (TPSA) is 129 Å². The van der Waals surface area contributed by atoms with Gasteiger partial charge in [0.15, 0.2) is 5.65 Å². The molecule has 1 aliphatic heterocycles. The third kappa shape index (κ3) is 5.76. The van der Waals surface area contributed by atoms with Gasteiger partial charge in [0, 0.05) is 49.1 Å². The number of fused-ring (bicyclic) bond motifs is 1. The van der Waals surface area contributed by atoms with Crippen LogP contribution in [0.5, 0.6) is 5.75 Å². The number of H-pyrrole nitrogens is 1. The Morgan fingerprint density at radius 2 is 1.90 bits per heavy atom. The third-order valence-electron chi connectivity index (χ3n) is 7.80. The molecule has 1 saturated heterocycles. The molecule has 0 atom stereocenters. The molecule has 4 aromatic rings. The molecular weight excluding hydrogens is 520 g/mol. The fraction of sp³-hybridized carbons (Fsp3) is 0.400. The number of nitrogens with one attached hydrogen (secondary N) is 4. The van der Waals surface area contributed by atoms with E-state index in [1.54, 1.807) is 20.2 Å². The third-order valence-corrected chi connectivity index (χ3v) is 7.80. The summed E-state index contributed by atoms with van der Waals surface area (Å²) in [6.07, 6.45) is 5.81. The predicted octanol–water partition coefficient (Wildman–Crippen LogP) is 4.71. The van der Waals surface area contributed by atoms with Gasteiger partial charge in [0.25, 0.3) is 5.91 Å². The highest BCUT2D eigenvalue weighted by Crippen LogP contribution is 2.36. The molecule has 2 aromatic carbocycles. The van der Waals surface area contributed by atoms with E-state index in [1.165, 1.54) is 19.3 Å². The molecule has 0 bridgehead atoms. The summed E-state index contributed by atoms with van der Waals surface area (Å²) in [6.45, 7) is 3.13. The maximum absolute atomic E-state index is 12.3. The molecule has 2 aliphatic rings. The van der Waals surface area contributed by atoms with Crippen molar-refractivity contribution < 1.29 is 14.3 Å². The zero-order chi connectivity index (χ0) is 28.2. The number of rotatable bonds is 8. The van der Waals surface area contributed by atoms with Crippen molar-refractivity contribution in [1.29, 1.82) is 0 Å². The molecule has 2 aromatic heterocycles. The molecule has 11 heteroatoms. The van der Waals surface area contributed by atoms with E-state index in [0.717, 1.165) is 61.5 Å². The van der Waals surface area contributed by atoms with Crippen molar-refractivity contribution >= 4 is 40.1 Å². The van der Waals surface area contributed by atoms with Crippen LogP contribution in [-0.4, -0.2) is 72.6 Å². The number of aromatic amines is 1. The lowest BCUT2D eigenvalue weighted by Crippen LogP contribution is -2.36. The molecule has 1 saturated carbocycles. The van der Waals surface area contributed by atoms with Crippen molar-refractivity contribution in [2.24, 2.45) is 0 Å². The largest absolute Gasteiger partial charge is 0.494 e. The summed E-state index contributed by atoms with van der Waals surface area (Å²) in [5, 5.41) is 18.3. The second kappa shape index (κ2) is 12.0. The Balaban J connectivity index is 1.37. The van der Waals surface area contributed by atoms with Gasteiger partial charge in [-0.05, 0) is 37.1 Å². The molecule has 214 valence electrons. The Hall–Kier alpha value is -4.38. The number of benzene rings is 2. The first kappa shape index (κ1) is 26.8. The van der Waals surface area contributed by atoms with E-state index in [4.69, 9.17) is 19.4 Å². The molecule has 1 amide bonds. The fourth-order valence-electron chi connectivity index (χ4n) is 5.61. The molecular formula is C30H36N8O3. The first-order chi connectivity index (χ1) is 20.1. The first-order valence-corrected chi connectivity index (χ1v) is 14.3. The average Bonchev–Trinajstić information content (AvgIpc) is 3.46. The van der Waals surface area contributed by atoms with Crippen LogP contribution in [0.4, 0.5) is 23.1 Å². The van der Waals surface area contributed by atoms with Crippen molar-refractivity contribution in [3.63, 3.8) is 0 Å². The summed E-state index contributed by atoms with van der Waals surface area (Å²) in [4.78, 5) is 24.3. The van der Waals surface area contributed by atoms with Crippen LogP contribution in [0.3, 0.4) is 0 Å². The number of hydrogen-bond acceptors (Lipinski definition) is 9. The summed E-state index contributed by atoms with van der Waals surface area (Å²) in [5.41, 5.74) is 4.53. The molecule has 2 fully saturated rings. The van der Waals surface area contributed by atoms with Gasteiger partial charge in [0.05, 0.1) is 31.4 Å². The standard InChI is InChI=1S/C30H36N8O3/c1-31-29(39)20-8-6-7-19(17-20)26-25-27(32-21-9-4-3-5-10-21)34-30(35-28(25)37-36-26)33-23-12-11-22(18-24(23)40-2)38-13-15-41-16-14-38/h6-8,11-12,17-18,21H,3-5,9-10,13-16H2,1-2H3,(H,31,39)(H3,32,33,34,35,36,37). The lowest BCUT2D eigenvalue weighted by molar-refractivity contribution is 0.0963. The number of nitrogens with zero attached hydrogens (tertiary/aromatic N) is 4. The molecule has 41 heavy (non-hydrogen) atoms. The number of carbonyl (C=O) groups is 1. The van der Waals surface area contributed by atoms with Gasteiger partial charge in [-0.2, -0.15) is 15.1 Å². The summed E-state index contributed by atoms with van der Waals surface area (Å²) in [5.74, 6) is 1.70. The number of anilines is 4. The molecule has 11 nitrogen and oxygen atoms in total. The number of morpholine rings is 1. The minimum absolute atomic E-state index is 0.149. The van der Waals surface area contributed by atoms with E-state index < -0.39 is 0 Å². The maximum Gasteiger partial charge on any atom is 0.251 e. The van der Waals surface area contributed by atoms with Gasteiger partial charge in [-0.25, -0.2) is 0 Å². The Labute approximate surface area is 239 Å². The van der Waals surface area contributed by atoms with Crippen LogP contribution in [0.1, 0.15) is 42.5 Å². The van der Waals surface area contributed by atoms with Crippen LogP contribution in [0.15, 0.2) is 42.5 Å². The summed E-state index contributed by atoms with van der Waals surface area (Å²) in [6, 6.07) is 13.8. The van der Waals surface area contributed by atoms with Gasteiger partial charge < -0.3 is 30.3 Å². The lowest BCUT2D eigenvalue weighted by Gasteiger charge is -2.29. The lowest BCUT2D eigenvalue weighted by atomic mass is 9.95. The van der Waals surface area contributed by atoms with Crippen LogP contribution in [0.25, 0.3) is 22.3 Å². The number of amides is 1. The van der Waals surface area contributed by atoms with E-state index in [-0.39, 0.29) is 5.91 Å². The van der Waals surface area contributed by atoms with Crippen molar-refractivity contribution in [2.45, 2.75) is 38.1 Å². The number of ether oxygens (including phenoxy) is 2. The molecule has 6 rings (SSSR count). The second-order valence-corrected chi connectivity index (χ2v) is 10.4. The summed E-state index contributed by atoms with van der Waals surface area (Å²) >= 11 is 0. The van der Waals surface area contributed by atoms with E-state index in [2.05, 4.69) is 37.1 Å². The van der Waals surface area contributed by atoms with Crippen molar-refractivity contribution in [3.8, 4) is 17.0 Å². The number of aromatic nitrogens is 4. The highest BCUT2D eigenvalue weighted by molar-refractivity contribution is 6.01. The second-order valence-electron chi connectivity index (χ2n) is 10.4. The first-order valence-electron chi connectivity index (χ1n) is 14.3. The van der Waals surface area contributed by atoms with Crippen molar-refractivity contribution in [3.05, 3.63) is 48.0 Å². The van der Waals surface area contributed by atoms with E-state index in [0.29, 0.717) is 40.5 Å². The quantitative estimate of drug-likeness (QED) is 0.244. The number of methoxy groups -OCH3 is 1. The number of carbonyl (C=O) groups excluding carboxylic acids is 1. The zero-order valence-electron chi connectivity index (χ0n) is 23.5. The van der Waals surface area contributed by atoms with Gasteiger partial charge in [-0.3, -0.25) is 9.89 Å². The molecule has 1 aliphatic carbocycles. The molecule has 4 N–H and O–H groups in total. The normalized spacial score (nSPS) is 16.0.